The third-order valence-electron chi connectivity index (χ3n) is 2.84. The number of carbonyl (C=O) groups excluding carboxylic acids is 1. The molecule has 0 N–H and O–H groups in total. The summed E-state index contributed by atoms with van der Waals surface area (Å²) < 4.78 is 27.3. The van der Waals surface area contributed by atoms with E-state index in [0.29, 0.717) is 5.56 Å². The molecular formula is C15H12F2OS. The molecule has 0 unspecified atom stereocenters. The summed E-state index contributed by atoms with van der Waals surface area (Å²) in [6.07, 6.45) is 1.83. The van der Waals surface area contributed by atoms with Gasteiger partial charge in [-0.15, -0.1) is 11.8 Å². The zero-order chi connectivity index (χ0) is 14.0. The second kappa shape index (κ2) is 5.53. The monoisotopic (exact) mass is 278 g/mol. The molecule has 0 saturated heterocycles. The lowest BCUT2D eigenvalue weighted by atomic mass is 10.0. The highest BCUT2D eigenvalue weighted by Gasteiger charge is 2.18. The maximum absolute atomic E-state index is 13.8. The first-order valence-corrected chi connectivity index (χ1v) is 6.90. The van der Waals surface area contributed by atoms with E-state index < -0.39 is 17.4 Å². The van der Waals surface area contributed by atoms with E-state index in [4.69, 9.17) is 0 Å². The first kappa shape index (κ1) is 13.7. The predicted molar refractivity (Wildman–Crippen MR) is 72.8 cm³/mol. The summed E-state index contributed by atoms with van der Waals surface area (Å²) in [5.74, 6) is -1.77. The second-order valence-corrected chi connectivity index (χ2v) is 4.96. The van der Waals surface area contributed by atoms with Crippen LogP contribution >= 0.6 is 11.8 Å². The van der Waals surface area contributed by atoms with Gasteiger partial charge in [0, 0.05) is 10.5 Å². The van der Waals surface area contributed by atoms with Gasteiger partial charge in [-0.3, -0.25) is 4.79 Å². The number of hydrogen-bond donors (Lipinski definition) is 0. The molecule has 2 aromatic rings. The molecule has 0 fully saturated rings. The number of carbonyl (C=O) groups is 1. The molecule has 0 radical (unpaired) electrons. The molecule has 0 aromatic heterocycles. The van der Waals surface area contributed by atoms with Gasteiger partial charge in [-0.05, 0) is 43.0 Å². The predicted octanol–water partition coefficient (Wildman–Crippen LogP) is 4.23. The molecule has 0 aliphatic heterocycles. The topological polar surface area (TPSA) is 17.1 Å². The average molecular weight is 278 g/mol. The van der Waals surface area contributed by atoms with Crippen LogP contribution in [0.25, 0.3) is 0 Å². The Hall–Kier alpha value is -1.68. The molecule has 0 amide bonds. The van der Waals surface area contributed by atoms with E-state index in [1.807, 2.05) is 6.26 Å². The number of aryl methyl sites for hydroxylation is 1. The first-order valence-electron chi connectivity index (χ1n) is 5.68. The van der Waals surface area contributed by atoms with Gasteiger partial charge >= 0.3 is 0 Å². The summed E-state index contributed by atoms with van der Waals surface area (Å²) in [7, 11) is 0. The van der Waals surface area contributed by atoms with Crippen molar-refractivity contribution in [1.82, 2.24) is 0 Å². The molecule has 0 aliphatic carbocycles. The Morgan fingerprint density at radius 2 is 1.74 bits per heavy atom. The largest absolute Gasteiger partial charge is 0.288 e. The van der Waals surface area contributed by atoms with Crippen molar-refractivity contribution in [3.05, 3.63) is 64.7 Å². The standard InChI is InChI=1S/C15H12F2OS/c1-9-7-13(17)11(8-12(9)16)15(18)10-5-3-4-6-14(10)19-2/h3-8H,1-2H3. The first-order chi connectivity index (χ1) is 9.04. The van der Waals surface area contributed by atoms with Crippen LogP contribution in [0.5, 0.6) is 0 Å². The molecule has 98 valence electrons. The van der Waals surface area contributed by atoms with Gasteiger partial charge in [0.15, 0.2) is 5.78 Å². The maximum atomic E-state index is 13.8. The molecule has 2 aromatic carbocycles. The van der Waals surface area contributed by atoms with Gasteiger partial charge < -0.3 is 0 Å². The highest BCUT2D eigenvalue weighted by molar-refractivity contribution is 7.98. The average Bonchev–Trinajstić information content (AvgIpc) is 2.42. The lowest BCUT2D eigenvalue weighted by molar-refractivity contribution is 0.103. The van der Waals surface area contributed by atoms with Crippen molar-refractivity contribution in [3.8, 4) is 0 Å². The fraction of sp³-hybridized carbons (Fsp3) is 0.133. The summed E-state index contributed by atoms with van der Waals surface area (Å²) in [5.41, 5.74) is 0.342. The van der Waals surface area contributed by atoms with Crippen molar-refractivity contribution in [2.75, 3.05) is 6.26 Å². The van der Waals surface area contributed by atoms with E-state index >= 15 is 0 Å². The summed E-state index contributed by atoms with van der Waals surface area (Å²) >= 11 is 1.39. The summed E-state index contributed by atoms with van der Waals surface area (Å²) in [6.45, 7) is 1.46. The van der Waals surface area contributed by atoms with E-state index in [-0.39, 0.29) is 11.1 Å². The summed E-state index contributed by atoms with van der Waals surface area (Å²) in [6, 6.07) is 8.91. The number of thioether (sulfide) groups is 1. The Labute approximate surface area is 114 Å². The Morgan fingerprint density at radius 1 is 1.05 bits per heavy atom. The third kappa shape index (κ3) is 2.68. The van der Waals surface area contributed by atoms with Crippen LogP contribution in [0.2, 0.25) is 0 Å². The molecule has 0 bridgehead atoms. The number of rotatable bonds is 3. The zero-order valence-corrected chi connectivity index (χ0v) is 11.4. The van der Waals surface area contributed by atoms with Gasteiger partial charge in [0.05, 0.1) is 5.56 Å². The van der Waals surface area contributed by atoms with Crippen LogP contribution in [0.4, 0.5) is 8.78 Å². The van der Waals surface area contributed by atoms with Gasteiger partial charge in [-0.2, -0.15) is 0 Å². The molecule has 1 nitrogen and oxygen atoms in total. The van der Waals surface area contributed by atoms with E-state index in [0.717, 1.165) is 17.0 Å². The molecule has 0 saturated carbocycles. The Balaban J connectivity index is 2.53. The minimum Gasteiger partial charge on any atom is -0.288 e. The minimum absolute atomic E-state index is 0.187. The number of hydrogen-bond acceptors (Lipinski definition) is 2. The SMILES string of the molecule is CSc1ccccc1C(=O)c1cc(F)c(C)cc1F. The fourth-order valence-corrected chi connectivity index (χ4v) is 2.39. The highest BCUT2D eigenvalue weighted by Crippen LogP contribution is 2.24. The quantitative estimate of drug-likeness (QED) is 0.617. The molecule has 0 atom stereocenters. The lowest BCUT2D eigenvalue weighted by Crippen LogP contribution is -2.07. The van der Waals surface area contributed by atoms with Crippen LogP contribution in [0, 0.1) is 18.6 Å². The molecule has 4 heteroatoms. The van der Waals surface area contributed by atoms with Gasteiger partial charge in [-0.1, -0.05) is 12.1 Å². The van der Waals surface area contributed by atoms with Gasteiger partial charge in [0.1, 0.15) is 11.6 Å². The minimum atomic E-state index is -0.695. The Bertz CT molecular complexity index is 638. The number of ketones is 1. The van der Waals surface area contributed by atoms with Crippen LogP contribution in [0.1, 0.15) is 21.5 Å². The van der Waals surface area contributed by atoms with Crippen molar-refractivity contribution in [2.45, 2.75) is 11.8 Å². The van der Waals surface area contributed by atoms with Crippen molar-refractivity contribution in [2.24, 2.45) is 0 Å². The number of benzene rings is 2. The molecule has 19 heavy (non-hydrogen) atoms. The van der Waals surface area contributed by atoms with Crippen molar-refractivity contribution in [3.63, 3.8) is 0 Å². The lowest BCUT2D eigenvalue weighted by Gasteiger charge is -2.08. The molecule has 0 aliphatic rings. The fourth-order valence-electron chi connectivity index (χ4n) is 1.80. The summed E-state index contributed by atoms with van der Waals surface area (Å²) in [4.78, 5) is 13.0. The van der Waals surface area contributed by atoms with Gasteiger partial charge in [0.2, 0.25) is 0 Å². The smallest absolute Gasteiger partial charge is 0.197 e. The molecule has 0 spiro atoms. The van der Waals surface area contributed by atoms with Crippen LogP contribution in [-0.2, 0) is 0 Å². The maximum Gasteiger partial charge on any atom is 0.197 e. The zero-order valence-electron chi connectivity index (χ0n) is 10.5. The van der Waals surface area contributed by atoms with E-state index in [1.165, 1.54) is 18.7 Å². The van der Waals surface area contributed by atoms with E-state index in [1.54, 1.807) is 24.3 Å². The molecular weight excluding hydrogens is 266 g/mol. The Kier molecular flexibility index (Phi) is 4.00. The molecule has 0 heterocycles. The van der Waals surface area contributed by atoms with Crippen molar-refractivity contribution < 1.29 is 13.6 Å². The highest BCUT2D eigenvalue weighted by atomic mass is 32.2. The molecule has 2 rings (SSSR count). The van der Waals surface area contributed by atoms with Gasteiger partial charge in [-0.25, -0.2) is 8.78 Å². The normalized spacial score (nSPS) is 10.5. The third-order valence-corrected chi connectivity index (χ3v) is 3.64. The second-order valence-electron chi connectivity index (χ2n) is 4.11. The van der Waals surface area contributed by atoms with Crippen LogP contribution < -0.4 is 0 Å². The van der Waals surface area contributed by atoms with E-state index in [2.05, 4.69) is 0 Å². The van der Waals surface area contributed by atoms with Crippen LogP contribution in [-0.4, -0.2) is 12.0 Å². The van der Waals surface area contributed by atoms with Gasteiger partial charge in [0.25, 0.3) is 0 Å². The number of halogens is 2. The van der Waals surface area contributed by atoms with Crippen molar-refractivity contribution in [1.29, 1.82) is 0 Å². The Morgan fingerprint density at radius 3 is 2.42 bits per heavy atom. The summed E-state index contributed by atoms with van der Waals surface area (Å²) in [5, 5.41) is 0. The van der Waals surface area contributed by atoms with Crippen LogP contribution in [0.3, 0.4) is 0 Å². The van der Waals surface area contributed by atoms with Crippen LogP contribution in [0.15, 0.2) is 41.3 Å². The van der Waals surface area contributed by atoms with Crippen molar-refractivity contribution >= 4 is 17.5 Å². The van der Waals surface area contributed by atoms with E-state index in [9.17, 15) is 13.6 Å².